The van der Waals surface area contributed by atoms with Gasteiger partial charge in [0.25, 0.3) is 10.0 Å². The Hall–Kier alpha value is -3.32. The van der Waals surface area contributed by atoms with Gasteiger partial charge in [0.15, 0.2) is 0 Å². The van der Waals surface area contributed by atoms with E-state index in [2.05, 4.69) is 21.6 Å². The van der Waals surface area contributed by atoms with Crippen molar-refractivity contribution in [2.24, 2.45) is 0 Å². The molecule has 0 aliphatic heterocycles. The molecule has 3 aromatic carbocycles. The van der Waals surface area contributed by atoms with Gasteiger partial charge < -0.3 is 9.72 Å². The number of H-pyrrole nitrogens is 1. The van der Waals surface area contributed by atoms with Gasteiger partial charge in [-0.2, -0.15) is 0 Å². The SMILES string of the molecule is CCCCOc1ccc(S(=O)(=O)Nc2ccccc2-c2nc3ccccc3[nH]2)cc1. The molecule has 0 unspecified atom stereocenters. The van der Waals surface area contributed by atoms with E-state index in [0.717, 1.165) is 23.9 Å². The predicted molar refractivity (Wildman–Crippen MR) is 119 cm³/mol. The quantitative estimate of drug-likeness (QED) is 0.383. The number of sulfonamides is 1. The number of fused-ring (bicyclic) bond motifs is 1. The van der Waals surface area contributed by atoms with Crippen molar-refractivity contribution in [2.75, 3.05) is 11.3 Å². The summed E-state index contributed by atoms with van der Waals surface area (Å²) in [5, 5.41) is 0. The number of anilines is 1. The van der Waals surface area contributed by atoms with Crippen LogP contribution in [-0.4, -0.2) is 25.0 Å². The number of aromatic nitrogens is 2. The highest BCUT2D eigenvalue weighted by Crippen LogP contribution is 2.29. The van der Waals surface area contributed by atoms with Gasteiger partial charge in [-0.05, 0) is 55.0 Å². The van der Waals surface area contributed by atoms with E-state index in [1.54, 1.807) is 36.4 Å². The number of nitrogens with one attached hydrogen (secondary N) is 2. The third kappa shape index (κ3) is 4.31. The normalized spacial score (nSPS) is 11.5. The molecule has 4 aromatic rings. The van der Waals surface area contributed by atoms with Gasteiger partial charge in [-0.3, -0.25) is 4.72 Å². The molecule has 0 atom stereocenters. The second-order valence-corrected chi connectivity index (χ2v) is 8.61. The van der Waals surface area contributed by atoms with Crippen molar-refractivity contribution >= 4 is 26.7 Å². The molecule has 0 aliphatic carbocycles. The lowest BCUT2D eigenvalue weighted by atomic mass is 10.2. The first-order valence-corrected chi connectivity index (χ1v) is 11.3. The zero-order valence-corrected chi connectivity index (χ0v) is 17.4. The smallest absolute Gasteiger partial charge is 0.261 e. The molecule has 0 spiro atoms. The van der Waals surface area contributed by atoms with Crippen LogP contribution in [0.25, 0.3) is 22.4 Å². The first-order valence-electron chi connectivity index (χ1n) is 9.86. The molecule has 0 amide bonds. The Morgan fingerprint density at radius 3 is 2.47 bits per heavy atom. The van der Waals surface area contributed by atoms with Gasteiger partial charge in [-0.15, -0.1) is 0 Å². The Morgan fingerprint density at radius 2 is 1.70 bits per heavy atom. The molecule has 30 heavy (non-hydrogen) atoms. The fraction of sp³-hybridized carbons (Fsp3) is 0.174. The van der Waals surface area contributed by atoms with E-state index in [1.165, 1.54) is 0 Å². The highest BCUT2D eigenvalue weighted by atomic mass is 32.2. The van der Waals surface area contributed by atoms with Crippen LogP contribution in [0.1, 0.15) is 19.8 Å². The molecule has 4 rings (SSSR count). The first-order chi connectivity index (χ1) is 14.6. The summed E-state index contributed by atoms with van der Waals surface area (Å²) >= 11 is 0. The van der Waals surface area contributed by atoms with E-state index >= 15 is 0 Å². The fourth-order valence-corrected chi connectivity index (χ4v) is 4.19. The second kappa shape index (κ2) is 8.59. The lowest BCUT2D eigenvalue weighted by molar-refractivity contribution is 0.309. The third-order valence-corrected chi connectivity index (χ3v) is 6.10. The van der Waals surface area contributed by atoms with Crippen molar-refractivity contribution in [3.63, 3.8) is 0 Å². The fourth-order valence-electron chi connectivity index (χ4n) is 3.11. The molecule has 0 aliphatic rings. The summed E-state index contributed by atoms with van der Waals surface area (Å²) in [5.74, 6) is 1.26. The van der Waals surface area contributed by atoms with E-state index in [0.29, 0.717) is 29.4 Å². The Bertz CT molecular complexity index is 1220. The van der Waals surface area contributed by atoms with Crippen LogP contribution in [0.4, 0.5) is 5.69 Å². The molecule has 7 heteroatoms. The molecule has 2 N–H and O–H groups in total. The zero-order chi connectivity index (χ0) is 21.0. The summed E-state index contributed by atoms with van der Waals surface area (Å²) in [6, 6.07) is 21.3. The number of nitrogens with zero attached hydrogens (tertiary/aromatic N) is 1. The minimum atomic E-state index is -3.76. The summed E-state index contributed by atoms with van der Waals surface area (Å²) in [5.41, 5.74) is 2.85. The Balaban J connectivity index is 1.59. The summed E-state index contributed by atoms with van der Waals surface area (Å²) in [4.78, 5) is 8.00. The van der Waals surface area contributed by atoms with Crippen LogP contribution in [0, 0.1) is 0 Å². The number of benzene rings is 3. The van der Waals surface area contributed by atoms with Crippen LogP contribution in [0.2, 0.25) is 0 Å². The molecular formula is C23H23N3O3S. The first kappa shape index (κ1) is 20.0. The van der Waals surface area contributed by atoms with Crippen molar-refractivity contribution < 1.29 is 13.2 Å². The van der Waals surface area contributed by atoms with E-state index in [9.17, 15) is 8.42 Å². The zero-order valence-electron chi connectivity index (χ0n) is 16.6. The third-order valence-electron chi connectivity index (χ3n) is 4.72. The molecule has 0 bridgehead atoms. The highest BCUT2D eigenvalue weighted by molar-refractivity contribution is 7.92. The number of hydrogen-bond donors (Lipinski definition) is 2. The van der Waals surface area contributed by atoms with Crippen LogP contribution in [-0.2, 0) is 10.0 Å². The molecular weight excluding hydrogens is 398 g/mol. The lowest BCUT2D eigenvalue weighted by Crippen LogP contribution is -2.13. The number of unbranched alkanes of at least 4 members (excludes halogenated alkanes) is 1. The lowest BCUT2D eigenvalue weighted by Gasteiger charge is -2.12. The summed E-state index contributed by atoms with van der Waals surface area (Å²) < 4.78 is 34.2. The van der Waals surface area contributed by atoms with E-state index < -0.39 is 10.0 Å². The van der Waals surface area contributed by atoms with Gasteiger partial charge in [-0.1, -0.05) is 37.6 Å². The van der Waals surface area contributed by atoms with Crippen molar-refractivity contribution in [2.45, 2.75) is 24.7 Å². The predicted octanol–water partition coefficient (Wildman–Crippen LogP) is 5.21. The molecule has 0 fully saturated rings. The van der Waals surface area contributed by atoms with Crippen LogP contribution in [0.15, 0.2) is 77.7 Å². The van der Waals surface area contributed by atoms with Gasteiger partial charge in [-0.25, -0.2) is 13.4 Å². The molecule has 0 saturated carbocycles. The number of hydrogen-bond acceptors (Lipinski definition) is 4. The average molecular weight is 422 g/mol. The molecule has 0 saturated heterocycles. The average Bonchev–Trinajstić information content (AvgIpc) is 3.18. The number of rotatable bonds is 8. The summed E-state index contributed by atoms with van der Waals surface area (Å²) in [6.45, 7) is 2.71. The summed E-state index contributed by atoms with van der Waals surface area (Å²) in [7, 11) is -3.76. The van der Waals surface area contributed by atoms with Gasteiger partial charge in [0.05, 0.1) is 28.2 Å². The monoisotopic (exact) mass is 421 g/mol. The van der Waals surface area contributed by atoms with Gasteiger partial charge in [0.2, 0.25) is 0 Å². The van der Waals surface area contributed by atoms with E-state index in [1.807, 2.05) is 36.4 Å². The minimum absolute atomic E-state index is 0.171. The number of para-hydroxylation sites is 3. The maximum absolute atomic E-state index is 12.9. The maximum atomic E-state index is 12.9. The van der Waals surface area contributed by atoms with Crippen molar-refractivity contribution in [3.8, 4) is 17.1 Å². The van der Waals surface area contributed by atoms with Crippen molar-refractivity contribution in [1.82, 2.24) is 9.97 Å². The van der Waals surface area contributed by atoms with Gasteiger partial charge in [0.1, 0.15) is 11.6 Å². The molecule has 1 aromatic heterocycles. The Kier molecular flexibility index (Phi) is 5.72. The highest BCUT2D eigenvalue weighted by Gasteiger charge is 2.18. The van der Waals surface area contributed by atoms with Crippen LogP contribution >= 0.6 is 0 Å². The van der Waals surface area contributed by atoms with E-state index in [4.69, 9.17) is 4.74 Å². The molecule has 6 nitrogen and oxygen atoms in total. The Labute approximate surface area is 176 Å². The number of imidazole rings is 1. The van der Waals surface area contributed by atoms with Crippen LogP contribution in [0.5, 0.6) is 5.75 Å². The van der Waals surface area contributed by atoms with Crippen molar-refractivity contribution in [1.29, 1.82) is 0 Å². The van der Waals surface area contributed by atoms with Gasteiger partial charge in [0, 0.05) is 5.56 Å². The minimum Gasteiger partial charge on any atom is -0.494 e. The van der Waals surface area contributed by atoms with E-state index in [-0.39, 0.29) is 4.90 Å². The Morgan fingerprint density at radius 1 is 0.967 bits per heavy atom. The summed E-state index contributed by atoms with van der Waals surface area (Å²) in [6.07, 6.45) is 2.00. The van der Waals surface area contributed by atoms with Crippen molar-refractivity contribution in [3.05, 3.63) is 72.8 Å². The number of ether oxygens (including phenoxy) is 1. The van der Waals surface area contributed by atoms with Crippen LogP contribution in [0.3, 0.4) is 0 Å². The standard InChI is InChI=1S/C23H23N3O3S/c1-2-3-16-29-17-12-14-18(15-13-17)30(27,28)26-20-9-5-4-8-19(20)23-24-21-10-6-7-11-22(21)25-23/h4-15,26H,2-3,16H2,1H3,(H,24,25). The molecule has 0 radical (unpaired) electrons. The maximum Gasteiger partial charge on any atom is 0.261 e. The van der Waals surface area contributed by atoms with Crippen LogP contribution < -0.4 is 9.46 Å². The number of aromatic amines is 1. The second-order valence-electron chi connectivity index (χ2n) is 6.93. The molecule has 154 valence electrons. The topological polar surface area (TPSA) is 84.1 Å². The largest absolute Gasteiger partial charge is 0.494 e. The van der Waals surface area contributed by atoms with Gasteiger partial charge >= 0.3 is 0 Å². The molecule has 1 heterocycles.